The minimum atomic E-state index is -1.30. The van der Waals surface area contributed by atoms with Crippen LogP contribution >= 0.6 is 0 Å². The van der Waals surface area contributed by atoms with E-state index in [9.17, 15) is 18.0 Å². The Kier molecular flexibility index (Phi) is 4.19. The second-order valence-corrected chi connectivity index (χ2v) is 3.96. The molecule has 0 saturated heterocycles. The summed E-state index contributed by atoms with van der Waals surface area (Å²) in [6.07, 6.45) is 0. The van der Waals surface area contributed by atoms with Gasteiger partial charge in [0.25, 0.3) is 5.56 Å². The number of H-pyrrole nitrogens is 1. The SMILES string of the molecule is CCOCc1nc(-c2cc(F)c(F)cc2F)cc(=O)[nH]1. The first-order chi connectivity index (χ1) is 9.51. The molecule has 0 fully saturated rings. The number of hydrogen-bond donors (Lipinski definition) is 1. The van der Waals surface area contributed by atoms with E-state index in [4.69, 9.17) is 4.74 Å². The smallest absolute Gasteiger partial charge is 0.251 e. The van der Waals surface area contributed by atoms with Crippen LogP contribution in [0.4, 0.5) is 13.2 Å². The predicted octanol–water partition coefficient (Wildman–Crippen LogP) is 2.39. The molecule has 0 radical (unpaired) electrons. The van der Waals surface area contributed by atoms with Crippen molar-refractivity contribution < 1.29 is 17.9 Å². The van der Waals surface area contributed by atoms with Gasteiger partial charge in [0.1, 0.15) is 18.2 Å². The predicted molar refractivity (Wildman–Crippen MR) is 65.5 cm³/mol. The molecular formula is C13H11F3N2O2. The number of nitrogens with one attached hydrogen (secondary N) is 1. The summed E-state index contributed by atoms with van der Waals surface area (Å²) in [5.74, 6) is -3.33. The van der Waals surface area contributed by atoms with E-state index in [0.29, 0.717) is 18.7 Å². The molecule has 0 amide bonds. The molecule has 2 rings (SSSR count). The van der Waals surface area contributed by atoms with Crippen molar-refractivity contribution in [2.75, 3.05) is 6.61 Å². The molecule has 1 N–H and O–H groups in total. The molecule has 2 aromatic rings. The van der Waals surface area contributed by atoms with Crippen molar-refractivity contribution in [3.63, 3.8) is 0 Å². The van der Waals surface area contributed by atoms with Crippen LogP contribution in [0.25, 0.3) is 11.3 Å². The minimum Gasteiger partial charge on any atom is -0.374 e. The fourth-order valence-corrected chi connectivity index (χ4v) is 1.63. The summed E-state index contributed by atoms with van der Waals surface area (Å²) in [5.41, 5.74) is -0.901. The van der Waals surface area contributed by atoms with Gasteiger partial charge in [-0.1, -0.05) is 0 Å². The van der Waals surface area contributed by atoms with Crippen LogP contribution < -0.4 is 5.56 Å². The zero-order chi connectivity index (χ0) is 14.7. The number of nitrogens with zero attached hydrogens (tertiary/aromatic N) is 1. The largest absolute Gasteiger partial charge is 0.374 e. The van der Waals surface area contributed by atoms with E-state index in [-0.39, 0.29) is 23.7 Å². The number of aromatic nitrogens is 2. The topological polar surface area (TPSA) is 55.0 Å². The van der Waals surface area contributed by atoms with Crippen LogP contribution in [0.2, 0.25) is 0 Å². The van der Waals surface area contributed by atoms with Crippen molar-refractivity contribution in [2.24, 2.45) is 0 Å². The van der Waals surface area contributed by atoms with Crippen molar-refractivity contribution in [1.29, 1.82) is 0 Å². The third kappa shape index (κ3) is 3.05. The van der Waals surface area contributed by atoms with E-state index >= 15 is 0 Å². The summed E-state index contributed by atoms with van der Waals surface area (Å²) in [5, 5.41) is 0. The van der Waals surface area contributed by atoms with Crippen molar-refractivity contribution in [2.45, 2.75) is 13.5 Å². The van der Waals surface area contributed by atoms with Crippen molar-refractivity contribution in [3.05, 3.63) is 51.8 Å². The number of aromatic amines is 1. The van der Waals surface area contributed by atoms with Crippen LogP contribution in [0.1, 0.15) is 12.7 Å². The Morgan fingerprint density at radius 1 is 1.15 bits per heavy atom. The van der Waals surface area contributed by atoms with Gasteiger partial charge < -0.3 is 9.72 Å². The molecule has 0 atom stereocenters. The van der Waals surface area contributed by atoms with E-state index in [2.05, 4.69) is 9.97 Å². The standard InChI is InChI=1S/C13H11F3N2O2/c1-2-20-6-12-17-11(5-13(19)18-12)7-3-9(15)10(16)4-8(7)14/h3-5H,2,6H2,1H3,(H,17,18,19). The highest BCUT2D eigenvalue weighted by atomic mass is 19.2. The first-order valence-corrected chi connectivity index (χ1v) is 5.84. The van der Waals surface area contributed by atoms with Gasteiger partial charge in [-0.15, -0.1) is 0 Å². The summed E-state index contributed by atoms with van der Waals surface area (Å²) in [6, 6.07) is 2.08. The van der Waals surface area contributed by atoms with E-state index in [1.54, 1.807) is 6.92 Å². The third-order valence-corrected chi connectivity index (χ3v) is 2.52. The maximum Gasteiger partial charge on any atom is 0.251 e. The lowest BCUT2D eigenvalue weighted by Gasteiger charge is -2.06. The second-order valence-electron chi connectivity index (χ2n) is 3.96. The third-order valence-electron chi connectivity index (χ3n) is 2.52. The van der Waals surface area contributed by atoms with Crippen molar-refractivity contribution in [1.82, 2.24) is 9.97 Å². The highest BCUT2D eigenvalue weighted by Crippen LogP contribution is 2.22. The summed E-state index contributed by atoms with van der Waals surface area (Å²) in [7, 11) is 0. The van der Waals surface area contributed by atoms with E-state index in [0.717, 1.165) is 6.07 Å². The van der Waals surface area contributed by atoms with Gasteiger partial charge in [0.15, 0.2) is 11.6 Å². The van der Waals surface area contributed by atoms with Gasteiger partial charge in [-0.25, -0.2) is 18.2 Å². The number of hydrogen-bond acceptors (Lipinski definition) is 3. The van der Waals surface area contributed by atoms with Gasteiger partial charge in [0, 0.05) is 24.3 Å². The Hall–Kier alpha value is -2.15. The fraction of sp³-hybridized carbons (Fsp3) is 0.231. The molecule has 1 aromatic heterocycles. The average Bonchev–Trinajstić information content (AvgIpc) is 2.40. The van der Waals surface area contributed by atoms with Crippen LogP contribution in [0.3, 0.4) is 0 Å². The quantitative estimate of drug-likeness (QED) is 0.877. The van der Waals surface area contributed by atoms with E-state index in [1.807, 2.05) is 0 Å². The molecule has 0 bridgehead atoms. The zero-order valence-corrected chi connectivity index (χ0v) is 10.5. The Labute approximate surface area is 112 Å². The highest BCUT2D eigenvalue weighted by Gasteiger charge is 2.14. The molecule has 1 aromatic carbocycles. The summed E-state index contributed by atoms with van der Waals surface area (Å²) < 4.78 is 44.8. The molecule has 4 nitrogen and oxygen atoms in total. The van der Waals surface area contributed by atoms with Gasteiger partial charge in [-0.3, -0.25) is 4.79 Å². The summed E-state index contributed by atoms with van der Waals surface area (Å²) in [4.78, 5) is 17.8. The number of rotatable bonds is 4. The summed E-state index contributed by atoms with van der Waals surface area (Å²) >= 11 is 0. The first-order valence-electron chi connectivity index (χ1n) is 5.84. The molecular weight excluding hydrogens is 273 g/mol. The van der Waals surface area contributed by atoms with Crippen molar-refractivity contribution >= 4 is 0 Å². The monoisotopic (exact) mass is 284 g/mol. The molecule has 0 spiro atoms. The molecule has 1 heterocycles. The lowest BCUT2D eigenvalue weighted by Crippen LogP contribution is -2.12. The Balaban J connectivity index is 2.49. The van der Waals surface area contributed by atoms with Crippen molar-refractivity contribution in [3.8, 4) is 11.3 Å². The zero-order valence-electron chi connectivity index (χ0n) is 10.5. The maximum absolute atomic E-state index is 13.6. The molecule has 0 aliphatic carbocycles. The molecule has 20 heavy (non-hydrogen) atoms. The number of ether oxygens (including phenoxy) is 1. The average molecular weight is 284 g/mol. The fourth-order valence-electron chi connectivity index (χ4n) is 1.63. The van der Waals surface area contributed by atoms with Gasteiger partial charge >= 0.3 is 0 Å². The Morgan fingerprint density at radius 3 is 2.55 bits per heavy atom. The van der Waals surface area contributed by atoms with Gasteiger partial charge in [-0.2, -0.15) is 0 Å². The maximum atomic E-state index is 13.6. The Morgan fingerprint density at radius 2 is 1.85 bits per heavy atom. The second kappa shape index (κ2) is 5.87. The lowest BCUT2D eigenvalue weighted by molar-refractivity contribution is 0.128. The van der Waals surface area contributed by atoms with E-state index in [1.165, 1.54) is 0 Å². The molecule has 0 aliphatic heterocycles. The van der Waals surface area contributed by atoms with Crippen LogP contribution in [-0.4, -0.2) is 16.6 Å². The van der Waals surface area contributed by atoms with Gasteiger partial charge in [0.2, 0.25) is 0 Å². The Bertz CT molecular complexity index is 686. The van der Waals surface area contributed by atoms with Crippen LogP contribution in [-0.2, 0) is 11.3 Å². The molecule has 106 valence electrons. The number of benzene rings is 1. The lowest BCUT2D eigenvalue weighted by atomic mass is 10.1. The molecule has 0 saturated carbocycles. The van der Waals surface area contributed by atoms with Gasteiger partial charge in [-0.05, 0) is 13.0 Å². The highest BCUT2D eigenvalue weighted by molar-refractivity contribution is 5.59. The van der Waals surface area contributed by atoms with E-state index < -0.39 is 23.0 Å². The van der Waals surface area contributed by atoms with Crippen LogP contribution in [0.15, 0.2) is 23.0 Å². The minimum absolute atomic E-state index is 0.0326. The molecule has 0 aliphatic rings. The summed E-state index contributed by atoms with van der Waals surface area (Å²) in [6.45, 7) is 2.20. The normalized spacial score (nSPS) is 10.8. The molecule has 7 heteroatoms. The number of halogens is 3. The van der Waals surface area contributed by atoms with Gasteiger partial charge in [0.05, 0.1) is 5.69 Å². The molecule has 0 unspecified atom stereocenters. The first kappa shape index (κ1) is 14.3. The van der Waals surface area contributed by atoms with Crippen LogP contribution in [0.5, 0.6) is 0 Å². The van der Waals surface area contributed by atoms with Crippen LogP contribution in [0, 0.1) is 17.5 Å².